The van der Waals surface area contributed by atoms with Crippen molar-refractivity contribution in [1.82, 2.24) is 14.9 Å². The first-order valence-corrected chi connectivity index (χ1v) is 9.55. The Bertz CT molecular complexity index is 976. The number of fused-ring (bicyclic) bond motifs is 1. The lowest BCUT2D eigenvalue weighted by molar-refractivity contribution is 0.0619. The fourth-order valence-corrected chi connectivity index (χ4v) is 3.68. The van der Waals surface area contributed by atoms with E-state index in [1.807, 2.05) is 48.0 Å². The maximum absolute atomic E-state index is 12.9. The molecule has 5 nitrogen and oxygen atoms in total. The molecule has 4 rings (SSSR count). The molecule has 0 aliphatic carbocycles. The molecule has 28 heavy (non-hydrogen) atoms. The summed E-state index contributed by atoms with van der Waals surface area (Å²) in [6.07, 6.45) is 6.20. The van der Waals surface area contributed by atoms with Gasteiger partial charge in [0.2, 0.25) is 0 Å². The van der Waals surface area contributed by atoms with E-state index in [2.05, 4.69) is 36.3 Å². The van der Waals surface area contributed by atoms with Crippen molar-refractivity contribution < 1.29 is 9.53 Å². The van der Waals surface area contributed by atoms with E-state index in [4.69, 9.17) is 4.74 Å². The molecule has 0 fully saturated rings. The van der Waals surface area contributed by atoms with Crippen molar-refractivity contribution in [2.75, 3.05) is 0 Å². The number of hydrogen-bond acceptors (Lipinski definition) is 3. The van der Waals surface area contributed by atoms with Crippen LogP contribution in [0.2, 0.25) is 0 Å². The van der Waals surface area contributed by atoms with Gasteiger partial charge in [-0.15, -0.1) is 0 Å². The van der Waals surface area contributed by atoms with Crippen LogP contribution < -0.4 is 10.1 Å². The van der Waals surface area contributed by atoms with Gasteiger partial charge in [0.25, 0.3) is 5.91 Å². The van der Waals surface area contributed by atoms with Gasteiger partial charge in [-0.2, -0.15) is 0 Å². The molecule has 1 aromatic heterocycles. The molecule has 1 amide bonds. The molecule has 0 saturated heterocycles. The lowest BCUT2D eigenvalue weighted by atomic mass is 9.89. The lowest BCUT2D eigenvalue weighted by Gasteiger charge is -2.38. The third kappa shape index (κ3) is 3.93. The molecule has 144 valence electrons. The lowest BCUT2D eigenvalue weighted by Crippen LogP contribution is -2.41. The Labute approximate surface area is 165 Å². The standard InChI is InChI=1S/C23H25N3O2/c1-16-4-9-19-20(13-23(2,3)28-21(19)12-16)25-22(27)18-7-5-17(6-8-18)14-26-11-10-24-15-26/h4-12,15,20H,13-14H2,1-3H3,(H,25,27)/t20-/m0/s1. The van der Waals surface area contributed by atoms with E-state index in [0.717, 1.165) is 35.4 Å². The molecule has 1 aliphatic rings. The van der Waals surface area contributed by atoms with Crippen LogP contribution in [0.25, 0.3) is 0 Å². The number of hydrogen-bond donors (Lipinski definition) is 1. The van der Waals surface area contributed by atoms with Crippen molar-refractivity contribution >= 4 is 5.91 Å². The van der Waals surface area contributed by atoms with Gasteiger partial charge in [0.15, 0.2) is 0 Å². The smallest absolute Gasteiger partial charge is 0.251 e. The molecule has 0 saturated carbocycles. The van der Waals surface area contributed by atoms with Gasteiger partial charge in [-0.1, -0.05) is 24.3 Å². The number of nitrogens with zero attached hydrogens (tertiary/aromatic N) is 2. The first-order chi connectivity index (χ1) is 13.4. The first-order valence-electron chi connectivity index (χ1n) is 9.55. The third-order valence-corrected chi connectivity index (χ3v) is 5.07. The van der Waals surface area contributed by atoms with Gasteiger partial charge in [-0.3, -0.25) is 4.79 Å². The monoisotopic (exact) mass is 375 g/mol. The Balaban J connectivity index is 1.50. The predicted octanol–water partition coefficient (Wildman–Crippen LogP) is 4.27. The fraction of sp³-hybridized carbons (Fsp3) is 0.304. The number of rotatable bonds is 4. The summed E-state index contributed by atoms with van der Waals surface area (Å²) in [7, 11) is 0. The Morgan fingerprint density at radius 2 is 2.04 bits per heavy atom. The van der Waals surface area contributed by atoms with Crippen LogP contribution >= 0.6 is 0 Å². The van der Waals surface area contributed by atoms with Crippen molar-refractivity contribution in [1.29, 1.82) is 0 Å². The summed E-state index contributed by atoms with van der Waals surface area (Å²) in [5.41, 5.74) is 3.65. The summed E-state index contributed by atoms with van der Waals surface area (Å²) >= 11 is 0. The maximum atomic E-state index is 12.9. The van der Waals surface area contributed by atoms with Crippen LogP contribution in [0.1, 0.15) is 53.4 Å². The minimum absolute atomic E-state index is 0.0663. The van der Waals surface area contributed by atoms with Gasteiger partial charge < -0.3 is 14.6 Å². The number of ether oxygens (including phenoxy) is 1. The molecule has 0 radical (unpaired) electrons. The van der Waals surface area contributed by atoms with E-state index in [1.165, 1.54) is 0 Å². The summed E-state index contributed by atoms with van der Waals surface area (Å²) in [6.45, 7) is 6.90. The predicted molar refractivity (Wildman–Crippen MR) is 108 cm³/mol. The summed E-state index contributed by atoms with van der Waals surface area (Å²) in [5.74, 6) is 0.792. The summed E-state index contributed by atoms with van der Waals surface area (Å²) < 4.78 is 8.12. The Morgan fingerprint density at radius 1 is 1.25 bits per heavy atom. The quantitative estimate of drug-likeness (QED) is 0.741. The zero-order valence-electron chi connectivity index (χ0n) is 16.5. The van der Waals surface area contributed by atoms with Crippen molar-refractivity contribution in [3.05, 3.63) is 83.4 Å². The summed E-state index contributed by atoms with van der Waals surface area (Å²) in [5, 5.41) is 3.20. The van der Waals surface area contributed by atoms with Crippen molar-refractivity contribution in [3.8, 4) is 5.75 Å². The Kier molecular flexibility index (Phi) is 4.67. The normalized spacial score (nSPS) is 17.5. The molecular weight excluding hydrogens is 350 g/mol. The maximum Gasteiger partial charge on any atom is 0.251 e. The molecular formula is C23H25N3O2. The molecule has 0 unspecified atom stereocenters. The number of imidazole rings is 1. The molecule has 1 aliphatic heterocycles. The molecule has 2 heterocycles. The fourth-order valence-electron chi connectivity index (χ4n) is 3.68. The van der Waals surface area contributed by atoms with Gasteiger partial charge in [-0.25, -0.2) is 4.98 Å². The second kappa shape index (κ2) is 7.15. The minimum Gasteiger partial charge on any atom is -0.487 e. The van der Waals surface area contributed by atoms with E-state index in [-0.39, 0.29) is 17.6 Å². The second-order valence-electron chi connectivity index (χ2n) is 8.07. The highest BCUT2D eigenvalue weighted by Crippen LogP contribution is 2.40. The van der Waals surface area contributed by atoms with Crippen LogP contribution in [-0.2, 0) is 6.54 Å². The van der Waals surface area contributed by atoms with Gasteiger partial charge in [0.1, 0.15) is 11.4 Å². The van der Waals surface area contributed by atoms with Crippen molar-refractivity contribution in [2.45, 2.75) is 45.4 Å². The molecule has 1 atom stereocenters. The first kappa shape index (κ1) is 18.3. The third-order valence-electron chi connectivity index (χ3n) is 5.07. The minimum atomic E-state index is -0.326. The summed E-state index contributed by atoms with van der Waals surface area (Å²) in [6, 6.07) is 13.8. The average molecular weight is 375 g/mol. The number of benzene rings is 2. The number of nitrogens with one attached hydrogen (secondary N) is 1. The SMILES string of the molecule is Cc1ccc2c(c1)OC(C)(C)C[C@@H]2NC(=O)c1ccc(Cn2ccnc2)cc1. The summed E-state index contributed by atoms with van der Waals surface area (Å²) in [4.78, 5) is 16.9. The van der Waals surface area contributed by atoms with Crippen LogP contribution in [0.15, 0.2) is 61.2 Å². The van der Waals surface area contributed by atoms with Gasteiger partial charge in [-0.05, 0) is 50.1 Å². The molecule has 3 aromatic rings. The second-order valence-corrected chi connectivity index (χ2v) is 8.07. The number of aromatic nitrogens is 2. The molecule has 0 spiro atoms. The zero-order chi connectivity index (χ0) is 19.7. The molecule has 1 N–H and O–H groups in total. The largest absolute Gasteiger partial charge is 0.487 e. The van der Waals surface area contributed by atoms with Crippen LogP contribution in [0.3, 0.4) is 0 Å². The van der Waals surface area contributed by atoms with E-state index < -0.39 is 0 Å². The van der Waals surface area contributed by atoms with E-state index in [1.54, 1.807) is 12.5 Å². The van der Waals surface area contributed by atoms with Crippen LogP contribution in [-0.4, -0.2) is 21.1 Å². The highest BCUT2D eigenvalue weighted by atomic mass is 16.5. The molecule has 5 heteroatoms. The van der Waals surface area contributed by atoms with Crippen LogP contribution in [0.4, 0.5) is 0 Å². The van der Waals surface area contributed by atoms with Crippen molar-refractivity contribution in [3.63, 3.8) is 0 Å². The topological polar surface area (TPSA) is 56.1 Å². The zero-order valence-corrected chi connectivity index (χ0v) is 16.5. The Morgan fingerprint density at radius 3 is 2.75 bits per heavy atom. The Hall–Kier alpha value is -3.08. The van der Waals surface area contributed by atoms with E-state index in [9.17, 15) is 4.79 Å². The molecule has 0 bridgehead atoms. The van der Waals surface area contributed by atoms with Gasteiger partial charge >= 0.3 is 0 Å². The number of aryl methyl sites for hydroxylation is 1. The number of carbonyl (C=O) groups is 1. The van der Waals surface area contributed by atoms with E-state index >= 15 is 0 Å². The highest BCUT2D eigenvalue weighted by Gasteiger charge is 2.34. The average Bonchev–Trinajstić information content (AvgIpc) is 3.14. The van der Waals surface area contributed by atoms with Gasteiger partial charge in [0.05, 0.1) is 12.4 Å². The number of carbonyl (C=O) groups excluding carboxylic acids is 1. The van der Waals surface area contributed by atoms with Crippen molar-refractivity contribution in [2.24, 2.45) is 0 Å². The van der Waals surface area contributed by atoms with Gasteiger partial charge in [0, 0.05) is 36.5 Å². The van der Waals surface area contributed by atoms with E-state index in [0.29, 0.717) is 5.56 Å². The highest BCUT2D eigenvalue weighted by molar-refractivity contribution is 5.94. The molecule has 2 aromatic carbocycles. The number of amides is 1. The van der Waals surface area contributed by atoms with Crippen LogP contribution in [0.5, 0.6) is 5.75 Å². The van der Waals surface area contributed by atoms with Crippen LogP contribution in [0, 0.1) is 6.92 Å².